The average Bonchev–Trinajstić information content (AvgIpc) is 3.28. The highest BCUT2D eigenvalue weighted by atomic mass is 16.5. The molecule has 2 amide bonds. The maximum atomic E-state index is 12.8. The van der Waals surface area contributed by atoms with Gasteiger partial charge in [0, 0.05) is 48.5 Å². The Hall–Kier alpha value is -3.35. The lowest BCUT2D eigenvalue weighted by molar-refractivity contribution is 0.0685. The van der Waals surface area contributed by atoms with E-state index in [0.717, 1.165) is 67.4 Å². The summed E-state index contributed by atoms with van der Waals surface area (Å²) in [5.41, 5.74) is 2.21. The van der Waals surface area contributed by atoms with Gasteiger partial charge in [0.2, 0.25) is 0 Å². The number of nitrogens with one attached hydrogen (secondary N) is 2. The zero-order valence-electron chi connectivity index (χ0n) is 20.0. The number of fused-ring (bicyclic) bond motifs is 1. The number of hydrogen-bond acceptors (Lipinski definition) is 4. The molecule has 180 valence electrons. The second-order valence-corrected chi connectivity index (χ2v) is 9.32. The summed E-state index contributed by atoms with van der Waals surface area (Å²) in [6.07, 6.45) is 8.82. The fraction of sp³-hybridized carbons (Fsp3) is 0.444. The number of aromatic nitrogens is 2. The summed E-state index contributed by atoms with van der Waals surface area (Å²) in [6.45, 7) is 6.25. The Morgan fingerprint density at radius 2 is 1.91 bits per heavy atom. The fourth-order valence-electron chi connectivity index (χ4n) is 4.51. The number of likely N-dealkylation sites (tertiary alicyclic amines) is 1. The first-order valence-electron chi connectivity index (χ1n) is 12.3. The van der Waals surface area contributed by atoms with Crippen molar-refractivity contribution in [2.24, 2.45) is 5.92 Å². The van der Waals surface area contributed by atoms with E-state index in [-0.39, 0.29) is 17.9 Å². The molecule has 0 atom stereocenters. The number of carbonyl (C=O) groups excluding carboxylic acids is 2. The van der Waals surface area contributed by atoms with E-state index in [0.29, 0.717) is 18.2 Å². The van der Waals surface area contributed by atoms with Crippen LogP contribution in [0.5, 0.6) is 5.75 Å². The van der Waals surface area contributed by atoms with Crippen LogP contribution in [0.25, 0.3) is 10.9 Å². The van der Waals surface area contributed by atoms with Crippen molar-refractivity contribution in [2.75, 3.05) is 19.6 Å². The van der Waals surface area contributed by atoms with Gasteiger partial charge in [0.05, 0.1) is 6.10 Å². The van der Waals surface area contributed by atoms with E-state index in [9.17, 15) is 9.59 Å². The molecule has 1 aliphatic rings. The summed E-state index contributed by atoms with van der Waals surface area (Å²) >= 11 is 0. The first-order valence-corrected chi connectivity index (χ1v) is 12.3. The molecule has 0 bridgehead atoms. The summed E-state index contributed by atoms with van der Waals surface area (Å²) in [5.74, 6) is 1.46. The summed E-state index contributed by atoms with van der Waals surface area (Å²) in [4.78, 5) is 34.3. The van der Waals surface area contributed by atoms with Gasteiger partial charge in [-0.15, -0.1) is 0 Å². The van der Waals surface area contributed by atoms with Gasteiger partial charge in [-0.3, -0.25) is 14.6 Å². The Balaban J connectivity index is 1.13. The Bertz CT molecular complexity index is 1070. The van der Waals surface area contributed by atoms with Gasteiger partial charge in [-0.05, 0) is 75.4 Å². The summed E-state index contributed by atoms with van der Waals surface area (Å²) in [5, 5.41) is 3.94. The van der Waals surface area contributed by atoms with Crippen LogP contribution in [-0.4, -0.2) is 52.4 Å². The number of benzene rings is 1. The van der Waals surface area contributed by atoms with E-state index in [4.69, 9.17) is 4.74 Å². The molecule has 34 heavy (non-hydrogen) atoms. The van der Waals surface area contributed by atoms with Crippen molar-refractivity contribution >= 4 is 22.7 Å². The monoisotopic (exact) mass is 462 g/mol. The molecule has 2 N–H and O–H groups in total. The van der Waals surface area contributed by atoms with Crippen LogP contribution in [0.4, 0.5) is 0 Å². The smallest absolute Gasteiger partial charge is 0.267 e. The number of ether oxygens (including phenoxy) is 1. The van der Waals surface area contributed by atoms with Gasteiger partial charge in [0.15, 0.2) is 0 Å². The molecule has 3 heterocycles. The quantitative estimate of drug-likeness (QED) is 0.447. The van der Waals surface area contributed by atoms with Gasteiger partial charge in [-0.25, -0.2) is 0 Å². The van der Waals surface area contributed by atoms with Crippen LogP contribution in [0, 0.1) is 5.92 Å². The van der Waals surface area contributed by atoms with Crippen LogP contribution in [0.3, 0.4) is 0 Å². The SMILES string of the molecule is CC(C)Oc1ccc(C(=O)N2CCC(CCCCNC(=O)c3cc4cnccc4[nH]3)CC2)cc1. The van der Waals surface area contributed by atoms with E-state index >= 15 is 0 Å². The third kappa shape index (κ3) is 6.16. The molecule has 1 saturated heterocycles. The average molecular weight is 463 g/mol. The molecule has 3 aromatic rings. The van der Waals surface area contributed by atoms with E-state index in [1.165, 1.54) is 0 Å². The van der Waals surface area contributed by atoms with E-state index in [1.54, 1.807) is 12.4 Å². The van der Waals surface area contributed by atoms with E-state index in [1.807, 2.05) is 55.1 Å². The third-order valence-electron chi connectivity index (χ3n) is 6.37. The maximum absolute atomic E-state index is 12.8. The molecule has 0 saturated carbocycles. The molecule has 7 nitrogen and oxygen atoms in total. The number of piperidine rings is 1. The first kappa shape index (κ1) is 23.8. The summed E-state index contributed by atoms with van der Waals surface area (Å²) in [7, 11) is 0. The van der Waals surface area contributed by atoms with Crippen molar-refractivity contribution < 1.29 is 14.3 Å². The Labute approximate surface area is 200 Å². The lowest BCUT2D eigenvalue weighted by Crippen LogP contribution is -2.38. The highest BCUT2D eigenvalue weighted by Gasteiger charge is 2.23. The lowest BCUT2D eigenvalue weighted by atomic mass is 9.91. The number of aromatic amines is 1. The number of nitrogens with zero attached hydrogens (tertiary/aromatic N) is 2. The molecule has 2 aromatic heterocycles. The number of rotatable bonds is 9. The highest BCUT2D eigenvalue weighted by Crippen LogP contribution is 2.24. The molecule has 0 spiro atoms. The van der Waals surface area contributed by atoms with Crippen molar-refractivity contribution in [1.82, 2.24) is 20.2 Å². The van der Waals surface area contributed by atoms with Crippen LogP contribution in [0.2, 0.25) is 0 Å². The highest BCUT2D eigenvalue weighted by molar-refractivity contribution is 5.97. The number of hydrogen-bond donors (Lipinski definition) is 2. The maximum Gasteiger partial charge on any atom is 0.267 e. The second-order valence-electron chi connectivity index (χ2n) is 9.32. The van der Waals surface area contributed by atoms with Crippen molar-refractivity contribution in [3.8, 4) is 5.75 Å². The van der Waals surface area contributed by atoms with Crippen LogP contribution < -0.4 is 10.1 Å². The van der Waals surface area contributed by atoms with Crippen molar-refractivity contribution in [2.45, 2.75) is 52.1 Å². The van der Waals surface area contributed by atoms with Crippen molar-refractivity contribution in [1.29, 1.82) is 0 Å². The second kappa shape index (κ2) is 11.2. The molecule has 0 unspecified atom stereocenters. The minimum atomic E-state index is -0.0770. The summed E-state index contributed by atoms with van der Waals surface area (Å²) < 4.78 is 5.66. The number of carbonyl (C=O) groups is 2. The summed E-state index contributed by atoms with van der Waals surface area (Å²) in [6, 6.07) is 11.1. The lowest BCUT2D eigenvalue weighted by Gasteiger charge is -2.32. The molecular weight excluding hydrogens is 428 g/mol. The molecule has 7 heteroatoms. The molecule has 0 radical (unpaired) electrons. The zero-order valence-corrected chi connectivity index (χ0v) is 20.0. The first-order chi connectivity index (χ1) is 16.5. The van der Waals surface area contributed by atoms with Gasteiger partial charge in [0.25, 0.3) is 11.8 Å². The predicted octanol–water partition coefficient (Wildman–Crippen LogP) is 4.80. The molecule has 4 rings (SSSR count). The van der Waals surface area contributed by atoms with Gasteiger partial charge in [-0.1, -0.05) is 12.8 Å². The number of unbranched alkanes of at least 4 members (excludes halogenated alkanes) is 1. The van der Waals surface area contributed by atoms with E-state index < -0.39 is 0 Å². The molecule has 0 aliphatic carbocycles. The molecular formula is C27H34N4O3. The number of amides is 2. The van der Waals surface area contributed by atoms with Gasteiger partial charge >= 0.3 is 0 Å². The fourth-order valence-corrected chi connectivity index (χ4v) is 4.51. The third-order valence-corrected chi connectivity index (χ3v) is 6.37. The van der Waals surface area contributed by atoms with Crippen LogP contribution in [0.1, 0.15) is 66.8 Å². The Morgan fingerprint density at radius 1 is 1.15 bits per heavy atom. The van der Waals surface area contributed by atoms with Crippen molar-refractivity contribution in [3.63, 3.8) is 0 Å². The topological polar surface area (TPSA) is 87.3 Å². The molecule has 1 fully saturated rings. The minimum Gasteiger partial charge on any atom is -0.491 e. The largest absolute Gasteiger partial charge is 0.491 e. The Morgan fingerprint density at radius 3 is 2.62 bits per heavy atom. The standard InChI is InChI=1S/C27H34N4O3/c1-19(2)34-23-8-6-21(7-9-23)27(33)31-15-11-20(12-16-31)5-3-4-13-29-26(32)25-17-22-18-28-14-10-24(22)30-25/h6-10,14,17-20,30H,3-5,11-13,15-16H2,1-2H3,(H,29,32). The van der Waals surface area contributed by atoms with Crippen LogP contribution in [0.15, 0.2) is 48.8 Å². The van der Waals surface area contributed by atoms with Gasteiger partial charge in [0.1, 0.15) is 11.4 Å². The Kier molecular flexibility index (Phi) is 7.83. The minimum absolute atomic E-state index is 0.0770. The van der Waals surface area contributed by atoms with Crippen LogP contribution in [-0.2, 0) is 0 Å². The van der Waals surface area contributed by atoms with Gasteiger partial charge in [-0.2, -0.15) is 0 Å². The van der Waals surface area contributed by atoms with E-state index in [2.05, 4.69) is 15.3 Å². The van der Waals surface area contributed by atoms with Crippen LogP contribution >= 0.6 is 0 Å². The number of H-pyrrole nitrogens is 1. The van der Waals surface area contributed by atoms with Crippen molar-refractivity contribution in [3.05, 3.63) is 60.0 Å². The normalized spacial score (nSPS) is 14.5. The predicted molar refractivity (Wildman–Crippen MR) is 133 cm³/mol. The molecule has 1 aromatic carbocycles. The molecule has 1 aliphatic heterocycles. The number of pyridine rings is 1. The van der Waals surface area contributed by atoms with Gasteiger partial charge < -0.3 is 19.9 Å². The zero-order chi connectivity index (χ0) is 23.9.